The largest absolute Gasteiger partial charge is 0.343 e. The van der Waals surface area contributed by atoms with Crippen LogP contribution in [-0.2, 0) is 7.05 Å². The zero-order valence-electron chi connectivity index (χ0n) is 9.42. The highest BCUT2D eigenvalue weighted by Crippen LogP contribution is 2.33. The number of pyridine rings is 1. The fourth-order valence-corrected chi connectivity index (χ4v) is 2.47. The second-order valence-electron chi connectivity index (χ2n) is 4.01. The summed E-state index contributed by atoms with van der Waals surface area (Å²) in [7, 11) is 1.90. The minimum Gasteiger partial charge on any atom is -0.343 e. The summed E-state index contributed by atoms with van der Waals surface area (Å²) in [5.74, 6) is 0. The highest BCUT2D eigenvalue weighted by molar-refractivity contribution is 6.36. The molecule has 0 fully saturated rings. The lowest BCUT2D eigenvalue weighted by molar-refractivity contribution is -0.384. The molecule has 0 radical (unpaired) electrons. The summed E-state index contributed by atoms with van der Waals surface area (Å²) in [6.45, 7) is 0. The quantitative estimate of drug-likeness (QED) is 0.384. The first-order valence-corrected chi connectivity index (χ1v) is 5.64. The van der Waals surface area contributed by atoms with Crippen molar-refractivity contribution in [2.45, 2.75) is 0 Å². The molecule has 2 aromatic heterocycles. The summed E-state index contributed by atoms with van der Waals surface area (Å²) < 4.78 is 1.95. The minimum atomic E-state index is -0.414. The minimum absolute atomic E-state index is 0.0509. The average Bonchev–Trinajstić information content (AvgIpc) is 2.64. The monoisotopic (exact) mass is 261 g/mol. The van der Waals surface area contributed by atoms with E-state index in [4.69, 9.17) is 11.6 Å². The van der Waals surface area contributed by atoms with Gasteiger partial charge in [-0.05, 0) is 12.1 Å². The Morgan fingerprint density at radius 3 is 2.83 bits per heavy atom. The van der Waals surface area contributed by atoms with Crippen molar-refractivity contribution in [3.8, 4) is 0 Å². The Bertz CT molecular complexity index is 795. The van der Waals surface area contributed by atoms with E-state index >= 15 is 0 Å². The molecule has 18 heavy (non-hydrogen) atoms. The van der Waals surface area contributed by atoms with Crippen LogP contribution < -0.4 is 0 Å². The lowest BCUT2D eigenvalue weighted by Gasteiger charge is -1.96. The zero-order chi connectivity index (χ0) is 12.9. The van der Waals surface area contributed by atoms with Crippen molar-refractivity contribution in [3.05, 3.63) is 45.7 Å². The Morgan fingerprint density at radius 1 is 1.33 bits per heavy atom. The predicted molar refractivity (Wildman–Crippen MR) is 69.9 cm³/mol. The third kappa shape index (κ3) is 1.37. The van der Waals surface area contributed by atoms with Crippen LogP contribution in [0.3, 0.4) is 0 Å². The first-order chi connectivity index (χ1) is 8.59. The second kappa shape index (κ2) is 3.68. The van der Waals surface area contributed by atoms with Gasteiger partial charge in [0.25, 0.3) is 5.69 Å². The van der Waals surface area contributed by atoms with Crippen molar-refractivity contribution < 1.29 is 4.92 Å². The molecule has 0 unspecified atom stereocenters. The summed E-state index contributed by atoms with van der Waals surface area (Å²) in [6.07, 6.45) is 1.62. The van der Waals surface area contributed by atoms with E-state index < -0.39 is 4.92 Å². The van der Waals surface area contributed by atoms with Crippen LogP contribution in [0.1, 0.15) is 0 Å². The van der Waals surface area contributed by atoms with Gasteiger partial charge in [-0.2, -0.15) is 0 Å². The molecule has 6 heteroatoms. The van der Waals surface area contributed by atoms with E-state index in [0.29, 0.717) is 5.15 Å². The van der Waals surface area contributed by atoms with Crippen molar-refractivity contribution in [3.63, 3.8) is 0 Å². The van der Waals surface area contributed by atoms with Gasteiger partial charge in [-0.3, -0.25) is 10.1 Å². The number of fused-ring (bicyclic) bond motifs is 3. The molecule has 0 N–H and O–H groups in total. The number of nitro groups is 1. The standard InChI is InChI=1S/C12H8ClN3O2/c1-15-9-3-2-7(16(17)18)6-8(9)11-10(15)4-5-14-12(11)13/h2-6H,1H3. The summed E-state index contributed by atoms with van der Waals surface area (Å²) in [4.78, 5) is 14.4. The molecule has 90 valence electrons. The summed E-state index contributed by atoms with van der Waals surface area (Å²) >= 11 is 6.09. The van der Waals surface area contributed by atoms with Gasteiger partial charge in [0, 0.05) is 41.7 Å². The summed E-state index contributed by atoms with van der Waals surface area (Å²) in [5, 5.41) is 12.7. The number of benzene rings is 1. The van der Waals surface area contributed by atoms with Crippen molar-refractivity contribution in [1.82, 2.24) is 9.55 Å². The molecule has 5 nitrogen and oxygen atoms in total. The van der Waals surface area contributed by atoms with Gasteiger partial charge < -0.3 is 4.57 Å². The number of aryl methyl sites for hydroxylation is 1. The number of rotatable bonds is 1. The van der Waals surface area contributed by atoms with Crippen LogP contribution in [0.5, 0.6) is 0 Å². The van der Waals surface area contributed by atoms with Gasteiger partial charge in [0.1, 0.15) is 5.15 Å². The lowest BCUT2D eigenvalue weighted by atomic mass is 10.2. The molecule has 0 amide bonds. The van der Waals surface area contributed by atoms with Crippen LogP contribution in [0.2, 0.25) is 5.15 Å². The summed E-state index contributed by atoms with van der Waals surface area (Å²) in [5.41, 5.74) is 1.85. The van der Waals surface area contributed by atoms with Crippen LogP contribution in [0.15, 0.2) is 30.5 Å². The maximum Gasteiger partial charge on any atom is 0.270 e. The molecule has 0 aliphatic carbocycles. The number of nitro benzene ring substituents is 1. The van der Waals surface area contributed by atoms with Crippen LogP contribution in [-0.4, -0.2) is 14.5 Å². The topological polar surface area (TPSA) is 61.0 Å². The second-order valence-corrected chi connectivity index (χ2v) is 4.37. The number of aromatic nitrogens is 2. The third-order valence-electron chi connectivity index (χ3n) is 3.07. The van der Waals surface area contributed by atoms with Gasteiger partial charge in [-0.25, -0.2) is 4.98 Å². The van der Waals surface area contributed by atoms with Crippen LogP contribution in [0.25, 0.3) is 21.8 Å². The molecule has 0 aliphatic heterocycles. The van der Waals surface area contributed by atoms with Gasteiger partial charge in [0.2, 0.25) is 0 Å². The molecular formula is C12H8ClN3O2. The summed E-state index contributed by atoms with van der Waals surface area (Å²) in [6, 6.07) is 6.59. The average molecular weight is 262 g/mol. The maximum absolute atomic E-state index is 10.8. The molecule has 0 spiro atoms. The van der Waals surface area contributed by atoms with Gasteiger partial charge in [0.15, 0.2) is 0 Å². The number of halogens is 1. The van der Waals surface area contributed by atoms with E-state index in [9.17, 15) is 10.1 Å². The van der Waals surface area contributed by atoms with E-state index in [2.05, 4.69) is 4.98 Å². The Morgan fingerprint density at radius 2 is 2.11 bits per heavy atom. The fraction of sp³-hybridized carbons (Fsp3) is 0.0833. The molecule has 1 aromatic carbocycles. The van der Waals surface area contributed by atoms with Crippen LogP contribution in [0.4, 0.5) is 5.69 Å². The van der Waals surface area contributed by atoms with Gasteiger partial charge in [0.05, 0.1) is 10.4 Å². The molecule has 0 bridgehead atoms. The highest BCUT2D eigenvalue weighted by Gasteiger charge is 2.15. The first kappa shape index (κ1) is 11.0. The Kier molecular flexibility index (Phi) is 2.24. The molecule has 0 saturated heterocycles. The molecule has 3 rings (SSSR count). The molecular weight excluding hydrogens is 254 g/mol. The van der Waals surface area contributed by atoms with E-state index in [-0.39, 0.29) is 5.69 Å². The van der Waals surface area contributed by atoms with E-state index in [1.54, 1.807) is 12.3 Å². The van der Waals surface area contributed by atoms with Crippen molar-refractivity contribution in [1.29, 1.82) is 0 Å². The number of hydrogen-bond acceptors (Lipinski definition) is 3. The Labute approximate surface area is 107 Å². The van der Waals surface area contributed by atoms with Crippen molar-refractivity contribution in [2.75, 3.05) is 0 Å². The first-order valence-electron chi connectivity index (χ1n) is 5.26. The smallest absolute Gasteiger partial charge is 0.270 e. The van der Waals surface area contributed by atoms with Crippen molar-refractivity contribution >= 4 is 39.1 Å². The highest BCUT2D eigenvalue weighted by atomic mass is 35.5. The maximum atomic E-state index is 10.8. The third-order valence-corrected chi connectivity index (χ3v) is 3.35. The lowest BCUT2D eigenvalue weighted by Crippen LogP contribution is -1.88. The van der Waals surface area contributed by atoms with Crippen LogP contribution >= 0.6 is 11.6 Å². The molecule has 0 atom stereocenters. The van der Waals surface area contributed by atoms with Gasteiger partial charge in [-0.15, -0.1) is 0 Å². The Balaban J connectivity index is 2.54. The number of nitrogens with zero attached hydrogens (tertiary/aromatic N) is 3. The van der Waals surface area contributed by atoms with E-state index in [1.165, 1.54) is 12.1 Å². The number of non-ortho nitro benzene ring substituents is 1. The van der Waals surface area contributed by atoms with Gasteiger partial charge in [-0.1, -0.05) is 11.6 Å². The number of hydrogen-bond donors (Lipinski definition) is 0. The van der Waals surface area contributed by atoms with Gasteiger partial charge >= 0.3 is 0 Å². The SMILES string of the molecule is Cn1c2ccc([N+](=O)[O-])cc2c2c(Cl)nccc21. The Hall–Kier alpha value is -2.14. The molecule has 0 saturated carbocycles. The van der Waals surface area contributed by atoms with E-state index in [1.807, 2.05) is 17.7 Å². The van der Waals surface area contributed by atoms with Crippen molar-refractivity contribution in [2.24, 2.45) is 7.05 Å². The van der Waals surface area contributed by atoms with Crippen LogP contribution in [0, 0.1) is 10.1 Å². The van der Waals surface area contributed by atoms with E-state index in [0.717, 1.165) is 21.8 Å². The molecule has 3 aromatic rings. The fourth-order valence-electron chi connectivity index (χ4n) is 2.22. The predicted octanol–water partition coefficient (Wildman–Crippen LogP) is 3.29. The molecule has 2 heterocycles. The normalized spacial score (nSPS) is 11.2. The zero-order valence-corrected chi connectivity index (χ0v) is 10.2. The molecule has 0 aliphatic rings.